The lowest BCUT2D eigenvalue weighted by Crippen LogP contribution is -2.44. The third kappa shape index (κ3) is 4.38. The summed E-state index contributed by atoms with van der Waals surface area (Å²) in [6, 6.07) is 1.76. The molecule has 1 amide bonds. The molecule has 1 aromatic rings. The minimum Gasteiger partial charge on any atom is -0.484 e. The third-order valence-electron chi connectivity index (χ3n) is 2.57. The van der Waals surface area contributed by atoms with Crippen molar-refractivity contribution in [3.8, 4) is 5.75 Å². The van der Waals surface area contributed by atoms with E-state index < -0.39 is 31.2 Å². The molecule has 0 aliphatic heterocycles. The Kier molecular flexibility index (Phi) is 5.76. The summed E-state index contributed by atoms with van der Waals surface area (Å²) in [5, 5.41) is 11.2. The second kappa shape index (κ2) is 7.09. The molecule has 110 valence electrons. The number of rotatable bonds is 6. The number of hydrogen-bond donors (Lipinski definition) is 2. The molecule has 0 saturated carbocycles. The SMILES string of the molecule is Cc1cc(OCC(=O)NC(CF)C(=O)O)cc(C)c1Cl. The van der Waals surface area contributed by atoms with Gasteiger partial charge in [-0.05, 0) is 37.1 Å². The number of aliphatic carboxylic acids is 1. The predicted molar refractivity (Wildman–Crippen MR) is 72.0 cm³/mol. The number of amides is 1. The van der Waals surface area contributed by atoms with E-state index in [2.05, 4.69) is 0 Å². The molecule has 1 rings (SSSR count). The summed E-state index contributed by atoms with van der Waals surface area (Å²) in [6.45, 7) is 2.02. The Morgan fingerprint density at radius 2 is 1.95 bits per heavy atom. The van der Waals surface area contributed by atoms with Crippen LogP contribution in [0.1, 0.15) is 11.1 Å². The maximum absolute atomic E-state index is 12.3. The minimum atomic E-state index is -1.56. The Morgan fingerprint density at radius 1 is 1.40 bits per heavy atom. The molecular formula is C13H15ClFNO4. The van der Waals surface area contributed by atoms with Crippen LogP contribution in [0, 0.1) is 13.8 Å². The van der Waals surface area contributed by atoms with Crippen molar-refractivity contribution in [3.63, 3.8) is 0 Å². The fraction of sp³-hybridized carbons (Fsp3) is 0.385. The van der Waals surface area contributed by atoms with Crippen LogP contribution in [0.5, 0.6) is 5.75 Å². The van der Waals surface area contributed by atoms with E-state index in [0.717, 1.165) is 11.1 Å². The van der Waals surface area contributed by atoms with Gasteiger partial charge in [0.2, 0.25) is 0 Å². The first-order valence-electron chi connectivity index (χ1n) is 5.82. The Bertz CT molecular complexity index is 498. The van der Waals surface area contributed by atoms with Crippen LogP contribution in [0.25, 0.3) is 0 Å². The van der Waals surface area contributed by atoms with Crippen molar-refractivity contribution in [1.82, 2.24) is 5.32 Å². The average Bonchev–Trinajstić information content (AvgIpc) is 2.39. The Balaban J connectivity index is 2.59. The molecule has 1 unspecified atom stereocenters. The number of carbonyl (C=O) groups excluding carboxylic acids is 1. The van der Waals surface area contributed by atoms with Crippen molar-refractivity contribution in [2.24, 2.45) is 0 Å². The van der Waals surface area contributed by atoms with Gasteiger partial charge in [-0.1, -0.05) is 11.6 Å². The maximum Gasteiger partial charge on any atom is 0.328 e. The first-order chi connectivity index (χ1) is 9.35. The van der Waals surface area contributed by atoms with Crippen LogP contribution < -0.4 is 10.1 Å². The highest BCUT2D eigenvalue weighted by Crippen LogP contribution is 2.25. The van der Waals surface area contributed by atoms with Crippen LogP contribution in [-0.4, -0.2) is 36.3 Å². The van der Waals surface area contributed by atoms with Gasteiger partial charge in [-0.2, -0.15) is 0 Å². The van der Waals surface area contributed by atoms with E-state index >= 15 is 0 Å². The second-order valence-electron chi connectivity index (χ2n) is 4.27. The van der Waals surface area contributed by atoms with Crippen molar-refractivity contribution >= 4 is 23.5 Å². The number of hydrogen-bond acceptors (Lipinski definition) is 3. The lowest BCUT2D eigenvalue weighted by molar-refractivity contribution is -0.142. The highest BCUT2D eigenvalue weighted by molar-refractivity contribution is 6.32. The van der Waals surface area contributed by atoms with Crippen LogP contribution in [0.3, 0.4) is 0 Å². The third-order valence-corrected chi connectivity index (χ3v) is 3.16. The minimum absolute atomic E-state index is 0.399. The highest BCUT2D eigenvalue weighted by atomic mass is 35.5. The van der Waals surface area contributed by atoms with Gasteiger partial charge in [0.25, 0.3) is 5.91 Å². The molecule has 0 saturated heterocycles. The molecule has 0 spiro atoms. The van der Waals surface area contributed by atoms with E-state index in [-0.39, 0.29) is 0 Å². The molecule has 0 aliphatic rings. The molecule has 1 atom stereocenters. The van der Waals surface area contributed by atoms with Crippen molar-refractivity contribution in [3.05, 3.63) is 28.3 Å². The molecule has 7 heteroatoms. The summed E-state index contributed by atoms with van der Waals surface area (Å²) in [5.41, 5.74) is 1.60. The van der Waals surface area contributed by atoms with Gasteiger partial charge in [-0.25, -0.2) is 9.18 Å². The zero-order valence-electron chi connectivity index (χ0n) is 11.1. The number of benzene rings is 1. The Morgan fingerprint density at radius 3 is 2.40 bits per heavy atom. The van der Waals surface area contributed by atoms with Crippen molar-refractivity contribution in [2.45, 2.75) is 19.9 Å². The number of ether oxygens (including phenoxy) is 1. The van der Waals surface area contributed by atoms with E-state index in [4.69, 9.17) is 21.4 Å². The van der Waals surface area contributed by atoms with Crippen molar-refractivity contribution in [2.75, 3.05) is 13.3 Å². The van der Waals surface area contributed by atoms with Gasteiger partial charge in [0.1, 0.15) is 12.4 Å². The number of nitrogens with one attached hydrogen (secondary N) is 1. The normalized spacial score (nSPS) is 11.8. The topological polar surface area (TPSA) is 75.6 Å². The van der Waals surface area contributed by atoms with Crippen LogP contribution in [0.2, 0.25) is 5.02 Å². The van der Waals surface area contributed by atoms with Crippen molar-refractivity contribution < 1.29 is 23.8 Å². The maximum atomic E-state index is 12.3. The average molecular weight is 304 g/mol. The summed E-state index contributed by atoms with van der Waals surface area (Å²) < 4.78 is 17.6. The molecule has 1 aromatic carbocycles. The van der Waals surface area contributed by atoms with Gasteiger partial charge >= 0.3 is 5.97 Å². The molecule has 5 nitrogen and oxygen atoms in total. The lowest BCUT2D eigenvalue weighted by Gasteiger charge is -2.12. The molecule has 0 heterocycles. The van der Waals surface area contributed by atoms with Crippen LogP contribution in [-0.2, 0) is 9.59 Å². The van der Waals surface area contributed by atoms with Gasteiger partial charge in [0, 0.05) is 5.02 Å². The molecule has 0 aromatic heterocycles. The summed E-state index contributed by atoms with van der Waals surface area (Å²) in [7, 11) is 0. The number of alkyl halides is 1. The van der Waals surface area contributed by atoms with Crippen LogP contribution >= 0.6 is 11.6 Å². The molecule has 0 bridgehead atoms. The smallest absolute Gasteiger partial charge is 0.328 e. The van der Waals surface area contributed by atoms with E-state index in [1.54, 1.807) is 26.0 Å². The number of aryl methyl sites for hydroxylation is 2. The monoisotopic (exact) mass is 303 g/mol. The summed E-state index contributed by atoms with van der Waals surface area (Å²) in [6.07, 6.45) is 0. The second-order valence-corrected chi connectivity index (χ2v) is 4.65. The van der Waals surface area contributed by atoms with Gasteiger partial charge in [-0.15, -0.1) is 0 Å². The highest BCUT2D eigenvalue weighted by Gasteiger charge is 2.19. The number of carboxylic acids is 1. The Labute approximate surface area is 120 Å². The number of halogens is 2. The molecule has 0 radical (unpaired) electrons. The predicted octanol–water partition coefficient (Wildman–Crippen LogP) is 1.87. The van der Waals surface area contributed by atoms with E-state index in [9.17, 15) is 14.0 Å². The molecule has 2 N–H and O–H groups in total. The van der Waals surface area contributed by atoms with Crippen LogP contribution in [0.15, 0.2) is 12.1 Å². The molecule has 0 aliphatic carbocycles. The standard InChI is InChI=1S/C13H15ClFNO4/c1-7-3-9(4-8(2)12(7)14)20-6-11(17)16-10(5-15)13(18)19/h3-4,10H,5-6H2,1-2H3,(H,16,17)(H,18,19). The zero-order chi connectivity index (χ0) is 15.3. The molecule has 0 fully saturated rings. The van der Waals surface area contributed by atoms with Crippen molar-refractivity contribution in [1.29, 1.82) is 0 Å². The fourth-order valence-corrected chi connectivity index (χ4v) is 1.65. The lowest BCUT2D eigenvalue weighted by atomic mass is 10.1. The first kappa shape index (κ1) is 16.2. The quantitative estimate of drug-likeness (QED) is 0.841. The summed E-state index contributed by atoms with van der Waals surface area (Å²) in [4.78, 5) is 22.0. The van der Waals surface area contributed by atoms with Gasteiger partial charge in [0.15, 0.2) is 12.6 Å². The fourth-order valence-electron chi connectivity index (χ4n) is 1.54. The van der Waals surface area contributed by atoms with E-state index in [1.807, 2.05) is 5.32 Å². The summed E-state index contributed by atoms with van der Waals surface area (Å²) >= 11 is 5.99. The summed E-state index contributed by atoms with van der Waals surface area (Å²) in [5.74, 6) is -1.70. The first-order valence-corrected chi connectivity index (χ1v) is 6.20. The largest absolute Gasteiger partial charge is 0.484 e. The van der Waals surface area contributed by atoms with Gasteiger partial charge in [-0.3, -0.25) is 4.79 Å². The van der Waals surface area contributed by atoms with Crippen LogP contribution in [0.4, 0.5) is 4.39 Å². The van der Waals surface area contributed by atoms with Gasteiger partial charge in [0.05, 0.1) is 0 Å². The van der Waals surface area contributed by atoms with Gasteiger partial charge < -0.3 is 15.2 Å². The number of carbonyl (C=O) groups is 2. The van der Waals surface area contributed by atoms with E-state index in [1.165, 1.54) is 0 Å². The molecular weight excluding hydrogens is 289 g/mol. The zero-order valence-corrected chi connectivity index (χ0v) is 11.8. The number of carboxylic acid groups (broad SMARTS) is 1. The molecule has 20 heavy (non-hydrogen) atoms. The Hall–Kier alpha value is -1.82. The van der Waals surface area contributed by atoms with E-state index in [0.29, 0.717) is 10.8 Å².